The highest BCUT2D eigenvalue weighted by Crippen LogP contribution is 2.32. The van der Waals surface area contributed by atoms with Gasteiger partial charge in [-0.25, -0.2) is 13.4 Å². The maximum atomic E-state index is 13.1. The van der Waals surface area contributed by atoms with E-state index in [-0.39, 0.29) is 23.7 Å². The summed E-state index contributed by atoms with van der Waals surface area (Å²) in [6.45, 7) is 0.179. The predicted molar refractivity (Wildman–Crippen MR) is 99.0 cm³/mol. The zero-order valence-corrected chi connectivity index (χ0v) is 17.0. The fourth-order valence-electron chi connectivity index (χ4n) is 3.05. The third-order valence-electron chi connectivity index (χ3n) is 4.53. The molecule has 1 aliphatic rings. The van der Waals surface area contributed by atoms with Gasteiger partial charge in [0.15, 0.2) is 5.69 Å². The molecule has 0 spiro atoms. The fraction of sp³-hybridized carbons (Fsp3) is 0.444. The van der Waals surface area contributed by atoms with E-state index in [0.29, 0.717) is 18.6 Å². The van der Waals surface area contributed by atoms with Crippen molar-refractivity contribution in [1.29, 1.82) is 0 Å². The molecule has 12 heteroatoms. The van der Waals surface area contributed by atoms with Crippen LogP contribution in [0.15, 0.2) is 35.4 Å². The zero-order chi connectivity index (χ0) is 21.9. The number of piperidine rings is 1. The van der Waals surface area contributed by atoms with E-state index in [1.54, 1.807) is 0 Å². The lowest BCUT2D eigenvalue weighted by atomic mass is 10.1. The Morgan fingerprint density at radius 1 is 1.17 bits per heavy atom. The lowest BCUT2D eigenvalue weighted by Gasteiger charge is -2.31. The molecule has 2 aromatic rings. The van der Waals surface area contributed by atoms with E-state index in [9.17, 15) is 21.6 Å². The first-order valence-corrected chi connectivity index (χ1v) is 10.4. The van der Waals surface area contributed by atoms with E-state index in [0.717, 1.165) is 12.3 Å². The molecular weight excluding hydrogens is 427 g/mol. The topological polar surface area (TPSA) is 90.9 Å². The third-order valence-corrected chi connectivity index (χ3v) is 6.43. The first-order valence-electron chi connectivity index (χ1n) is 8.94. The van der Waals surface area contributed by atoms with Crippen LogP contribution in [0.5, 0.6) is 17.5 Å². The van der Waals surface area contributed by atoms with E-state index in [2.05, 4.69) is 9.97 Å². The maximum absolute atomic E-state index is 13.1. The van der Waals surface area contributed by atoms with E-state index < -0.39 is 34.0 Å². The second-order valence-corrected chi connectivity index (χ2v) is 8.39. The van der Waals surface area contributed by atoms with Crippen molar-refractivity contribution in [1.82, 2.24) is 14.3 Å². The molecule has 0 radical (unpaired) electrons. The Labute approximate surface area is 171 Å². The number of sulfonamides is 1. The average Bonchev–Trinajstić information content (AvgIpc) is 2.73. The monoisotopic (exact) mass is 447 g/mol. The summed E-state index contributed by atoms with van der Waals surface area (Å²) in [5.41, 5.74) is -1.13. The van der Waals surface area contributed by atoms with Crippen LogP contribution in [-0.4, -0.2) is 56.1 Å². The van der Waals surface area contributed by atoms with Gasteiger partial charge < -0.3 is 14.2 Å². The van der Waals surface area contributed by atoms with Crippen LogP contribution in [-0.2, 0) is 16.2 Å². The molecule has 1 saturated heterocycles. The van der Waals surface area contributed by atoms with E-state index in [1.807, 2.05) is 0 Å². The standard InChI is InChI=1S/C18H20F3N3O5S/c1-27-12-5-6-15(14(10-12)28-2)30(25,26)24-9-3-4-13(11-24)29-17-22-8-7-16(23-17)18(19,20)21/h5-8,10,13H,3-4,9,11H2,1-2H3. The minimum atomic E-state index is -4.63. The van der Waals surface area contributed by atoms with Crippen LogP contribution < -0.4 is 14.2 Å². The number of hydrogen-bond donors (Lipinski definition) is 0. The van der Waals surface area contributed by atoms with Gasteiger partial charge in [0, 0.05) is 18.8 Å². The summed E-state index contributed by atoms with van der Waals surface area (Å²) in [4.78, 5) is 7.03. The van der Waals surface area contributed by atoms with Crippen molar-refractivity contribution in [2.24, 2.45) is 0 Å². The van der Waals surface area contributed by atoms with Crippen LogP contribution in [0.25, 0.3) is 0 Å². The number of ether oxygens (including phenoxy) is 3. The van der Waals surface area contributed by atoms with Crippen LogP contribution in [0, 0.1) is 0 Å². The highest BCUT2D eigenvalue weighted by molar-refractivity contribution is 7.89. The quantitative estimate of drug-likeness (QED) is 0.673. The SMILES string of the molecule is COc1ccc(S(=O)(=O)N2CCCC(Oc3nccc(C(F)(F)F)n3)C2)c(OC)c1. The van der Waals surface area contributed by atoms with E-state index in [4.69, 9.17) is 14.2 Å². The first kappa shape index (κ1) is 22.1. The lowest BCUT2D eigenvalue weighted by molar-refractivity contribution is -0.141. The molecular formula is C18H20F3N3O5S. The minimum Gasteiger partial charge on any atom is -0.497 e. The lowest BCUT2D eigenvalue weighted by Crippen LogP contribution is -2.44. The molecule has 2 heterocycles. The number of nitrogens with zero attached hydrogens (tertiary/aromatic N) is 3. The molecule has 1 unspecified atom stereocenters. The molecule has 3 rings (SSSR count). The Hall–Kier alpha value is -2.60. The fourth-order valence-corrected chi connectivity index (χ4v) is 4.70. The van der Waals surface area contributed by atoms with Gasteiger partial charge in [-0.05, 0) is 31.0 Å². The average molecular weight is 447 g/mol. The van der Waals surface area contributed by atoms with Crippen molar-refractivity contribution < 1.29 is 35.8 Å². The summed E-state index contributed by atoms with van der Waals surface area (Å²) in [6, 6.07) is 4.63. The summed E-state index contributed by atoms with van der Waals surface area (Å²) in [6.07, 6.45) is -3.47. The van der Waals surface area contributed by atoms with Crippen LogP contribution in [0.2, 0.25) is 0 Å². The molecule has 0 amide bonds. The van der Waals surface area contributed by atoms with Crippen molar-refractivity contribution in [2.75, 3.05) is 27.3 Å². The summed E-state index contributed by atoms with van der Waals surface area (Å²) in [5, 5.41) is 0. The minimum absolute atomic E-state index is 0.0400. The number of benzene rings is 1. The van der Waals surface area contributed by atoms with Crippen molar-refractivity contribution >= 4 is 10.0 Å². The molecule has 1 atom stereocenters. The van der Waals surface area contributed by atoms with Crippen LogP contribution >= 0.6 is 0 Å². The van der Waals surface area contributed by atoms with Gasteiger partial charge in [-0.15, -0.1) is 0 Å². The normalized spacial score (nSPS) is 18.1. The van der Waals surface area contributed by atoms with E-state index >= 15 is 0 Å². The summed E-state index contributed by atoms with van der Waals surface area (Å²) in [7, 11) is -1.14. The first-order chi connectivity index (χ1) is 14.1. The smallest absolute Gasteiger partial charge is 0.433 e. The Bertz CT molecular complexity index is 1000. The summed E-state index contributed by atoms with van der Waals surface area (Å²) < 4.78 is 81.7. The van der Waals surface area contributed by atoms with Crippen LogP contribution in [0.4, 0.5) is 13.2 Å². The predicted octanol–water partition coefficient (Wildman–Crippen LogP) is 2.74. The number of halogens is 3. The molecule has 8 nitrogen and oxygen atoms in total. The molecule has 0 aliphatic carbocycles. The summed E-state index contributed by atoms with van der Waals surface area (Å²) in [5.74, 6) is 0.561. The largest absolute Gasteiger partial charge is 0.497 e. The summed E-state index contributed by atoms with van der Waals surface area (Å²) >= 11 is 0. The van der Waals surface area contributed by atoms with Gasteiger partial charge >= 0.3 is 12.2 Å². The molecule has 0 saturated carbocycles. The number of methoxy groups -OCH3 is 2. The maximum Gasteiger partial charge on any atom is 0.433 e. The van der Waals surface area contributed by atoms with Gasteiger partial charge in [0.25, 0.3) is 0 Å². The van der Waals surface area contributed by atoms with Crippen molar-refractivity contribution in [3.05, 3.63) is 36.2 Å². The second-order valence-electron chi connectivity index (χ2n) is 6.48. The van der Waals surface area contributed by atoms with Gasteiger partial charge in [-0.1, -0.05) is 0 Å². The van der Waals surface area contributed by atoms with Crippen LogP contribution in [0.3, 0.4) is 0 Å². The number of aromatic nitrogens is 2. The van der Waals surface area contributed by atoms with Crippen molar-refractivity contribution in [3.8, 4) is 17.5 Å². The number of hydrogen-bond acceptors (Lipinski definition) is 7. The Kier molecular flexibility index (Phi) is 6.36. The molecule has 30 heavy (non-hydrogen) atoms. The zero-order valence-electron chi connectivity index (χ0n) is 16.2. The Morgan fingerprint density at radius 2 is 1.93 bits per heavy atom. The number of rotatable bonds is 6. The van der Waals surface area contributed by atoms with Crippen molar-refractivity contribution in [2.45, 2.75) is 30.0 Å². The van der Waals surface area contributed by atoms with Gasteiger partial charge in [0.2, 0.25) is 10.0 Å². The molecule has 1 aromatic heterocycles. The third kappa shape index (κ3) is 4.75. The Morgan fingerprint density at radius 3 is 2.60 bits per heavy atom. The molecule has 164 valence electrons. The van der Waals surface area contributed by atoms with Crippen molar-refractivity contribution in [3.63, 3.8) is 0 Å². The highest BCUT2D eigenvalue weighted by atomic mass is 32.2. The molecule has 1 fully saturated rings. The van der Waals surface area contributed by atoms with Gasteiger partial charge in [0.05, 0.1) is 20.8 Å². The molecule has 0 N–H and O–H groups in total. The van der Waals surface area contributed by atoms with Gasteiger partial charge in [-0.2, -0.15) is 22.5 Å². The van der Waals surface area contributed by atoms with E-state index in [1.165, 1.54) is 36.7 Å². The number of alkyl halides is 3. The van der Waals surface area contributed by atoms with Gasteiger partial charge in [0.1, 0.15) is 22.5 Å². The highest BCUT2D eigenvalue weighted by Gasteiger charge is 2.35. The Balaban J connectivity index is 1.79. The molecule has 0 bridgehead atoms. The van der Waals surface area contributed by atoms with Gasteiger partial charge in [-0.3, -0.25) is 0 Å². The molecule has 1 aliphatic heterocycles. The molecule has 1 aromatic carbocycles. The van der Waals surface area contributed by atoms with Crippen LogP contribution in [0.1, 0.15) is 18.5 Å². The second kappa shape index (κ2) is 8.64.